The van der Waals surface area contributed by atoms with Crippen LogP contribution in [0.2, 0.25) is 5.02 Å². The van der Waals surface area contributed by atoms with E-state index in [0.717, 1.165) is 16.9 Å². The van der Waals surface area contributed by atoms with Gasteiger partial charge in [0.05, 0.1) is 11.1 Å². The number of benzene rings is 2. The van der Waals surface area contributed by atoms with Gasteiger partial charge in [0.15, 0.2) is 0 Å². The molecule has 0 aliphatic rings. The zero-order valence-corrected chi connectivity index (χ0v) is 19.0. The van der Waals surface area contributed by atoms with E-state index in [4.69, 9.17) is 16.3 Å². The number of hydrogen-bond donors (Lipinski definition) is 1. The van der Waals surface area contributed by atoms with Crippen LogP contribution in [-0.4, -0.2) is 18.0 Å². The zero-order valence-electron chi connectivity index (χ0n) is 16.6. The van der Waals surface area contributed by atoms with Gasteiger partial charge in [0, 0.05) is 21.0 Å². The van der Waals surface area contributed by atoms with Crippen molar-refractivity contribution in [2.75, 3.05) is 5.32 Å². The Labute approximate surface area is 191 Å². The second-order valence-corrected chi connectivity index (χ2v) is 9.32. The van der Waals surface area contributed by atoms with Gasteiger partial charge in [0.25, 0.3) is 5.91 Å². The second kappa shape index (κ2) is 8.78. The van der Waals surface area contributed by atoms with Crippen LogP contribution in [0, 0.1) is 5.82 Å². The highest BCUT2D eigenvalue weighted by molar-refractivity contribution is 7.22. The molecule has 0 aliphatic heterocycles. The summed E-state index contributed by atoms with van der Waals surface area (Å²) in [5.74, 6) is -1.39. The van der Waals surface area contributed by atoms with Crippen LogP contribution >= 0.6 is 34.3 Å². The van der Waals surface area contributed by atoms with Crippen molar-refractivity contribution in [3.63, 3.8) is 0 Å². The predicted octanol–water partition coefficient (Wildman–Crippen LogP) is 7.24. The molecule has 2 aromatic carbocycles. The normalized spacial score (nSPS) is 11.1. The van der Waals surface area contributed by atoms with Gasteiger partial charge in [-0.15, -0.1) is 22.7 Å². The van der Waals surface area contributed by atoms with E-state index in [1.165, 1.54) is 23.5 Å². The van der Waals surface area contributed by atoms with Crippen molar-refractivity contribution in [2.45, 2.75) is 20.0 Å². The summed E-state index contributed by atoms with van der Waals surface area (Å²) in [6, 6.07) is 13.6. The number of hydrogen-bond acceptors (Lipinski definition) is 5. The Balaban J connectivity index is 1.73. The first-order chi connectivity index (χ1) is 14.8. The Morgan fingerprint density at radius 3 is 2.58 bits per heavy atom. The third-order valence-corrected chi connectivity index (χ3v) is 7.00. The molecule has 2 aromatic heterocycles. The van der Waals surface area contributed by atoms with E-state index in [9.17, 15) is 14.0 Å². The van der Waals surface area contributed by atoms with Gasteiger partial charge in [0.2, 0.25) is 0 Å². The molecule has 4 aromatic rings. The maximum absolute atomic E-state index is 13.5. The fourth-order valence-electron chi connectivity index (χ4n) is 3.10. The number of esters is 1. The summed E-state index contributed by atoms with van der Waals surface area (Å²) in [5, 5.41) is 5.84. The highest BCUT2D eigenvalue weighted by atomic mass is 35.5. The first-order valence-electron chi connectivity index (χ1n) is 9.42. The molecule has 0 aliphatic carbocycles. The number of halogens is 2. The molecule has 0 atom stereocenters. The number of carbonyl (C=O) groups is 2. The van der Waals surface area contributed by atoms with Crippen molar-refractivity contribution >= 4 is 61.2 Å². The molecule has 0 fully saturated rings. The molecule has 0 bridgehead atoms. The quantitative estimate of drug-likeness (QED) is 0.311. The van der Waals surface area contributed by atoms with Crippen molar-refractivity contribution in [2.24, 2.45) is 0 Å². The molecule has 0 unspecified atom stereocenters. The largest absolute Gasteiger partial charge is 0.459 e. The van der Waals surface area contributed by atoms with E-state index >= 15 is 0 Å². The molecule has 0 saturated heterocycles. The monoisotopic (exact) mass is 473 g/mol. The van der Waals surface area contributed by atoms with Gasteiger partial charge in [0.1, 0.15) is 21.3 Å². The average Bonchev–Trinajstić information content (AvgIpc) is 3.29. The maximum atomic E-state index is 13.5. The number of carbonyl (C=O) groups excluding carboxylic acids is 2. The van der Waals surface area contributed by atoms with E-state index < -0.39 is 17.7 Å². The lowest BCUT2D eigenvalue weighted by atomic mass is 10.0. The Kier molecular flexibility index (Phi) is 6.09. The Morgan fingerprint density at radius 1 is 1.13 bits per heavy atom. The van der Waals surface area contributed by atoms with E-state index in [1.54, 1.807) is 19.9 Å². The van der Waals surface area contributed by atoms with Crippen molar-refractivity contribution < 1.29 is 18.7 Å². The number of ether oxygens (including phenoxy) is 1. The first-order valence-corrected chi connectivity index (χ1v) is 11.5. The van der Waals surface area contributed by atoms with Gasteiger partial charge in [-0.25, -0.2) is 9.18 Å². The number of rotatable bonds is 5. The minimum absolute atomic E-state index is 0.250. The van der Waals surface area contributed by atoms with Crippen LogP contribution in [-0.2, 0) is 4.74 Å². The maximum Gasteiger partial charge on any atom is 0.342 e. The van der Waals surface area contributed by atoms with Gasteiger partial charge in [-0.05, 0) is 37.6 Å². The topological polar surface area (TPSA) is 55.4 Å². The SMILES string of the molecule is CC(C)OC(=O)c1c(-c2ccccc2)csc1NC(=O)c1sc2cc(F)ccc2c1Cl. The number of fused-ring (bicyclic) bond motifs is 1. The molecular formula is C23H17ClFNO3S2. The number of thiophene rings is 2. The summed E-state index contributed by atoms with van der Waals surface area (Å²) in [6.07, 6.45) is -0.313. The average molecular weight is 474 g/mol. The van der Waals surface area contributed by atoms with Crippen LogP contribution in [0.1, 0.15) is 33.9 Å². The van der Waals surface area contributed by atoms with Gasteiger partial charge in [-0.1, -0.05) is 41.9 Å². The molecule has 1 amide bonds. The summed E-state index contributed by atoms with van der Waals surface area (Å²) in [5.41, 5.74) is 1.81. The van der Waals surface area contributed by atoms with E-state index in [1.807, 2.05) is 35.7 Å². The first kappa shape index (κ1) is 21.5. The fraction of sp³-hybridized carbons (Fsp3) is 0.130. The van der Waals surface area contributed by atoms with Gasteiger partial charge >= 0.3 is 5.97 Å². The molecule has 0 saturated carbocycles. The number of nitrogens with one attached hydrogen (secondary N) is 1. The van der Waals surface area contributed by atoms with E-state index in [2.05, 4.69) is 5.32 Å². The molecule has 0 radical (unpaired) electrons. The summed E-state index contributed by atoms with van der Waals surface area (Å²) in [7, 11) is 0. The van der Waals surface area contributed by atoms with Crippen LogP contribution in [0.15, 0.2) is 53.9 Å². The highest BCUT2D eigenvalue weighted by Crippen LogP contribution is 2.39. The molecule has 4 nitrogen and oxygen atoms in total. The Morgan fingerprint density at radius 2 is 1.87 bits per heavy atom. The molecular weight excluding hydrogens is 457 g/mol. The number of amides is 1. The minimum atomic E-state index is -0.519. The Hall–Kier alpha value is -2.74. The molecule has 158 valence electrons. The molecule has 0 spiro atoms. The summed E-state index contributed by atoms with van der Waals surface area (Å²) >= 11 is 8.71. The van der Waals surface area contributed by atoms with Crippen molar-refractivity contribution in [1.82, 2.24) is 0 Å². The number of anilines is 1. The standard InChI is InChI=1S/C23H17ClFNO3S2/c1-12(2)29-23(28)18-16(13-6-4-3-5-7-13)11-30-22(18)26-21(27)20-19(24)15-9-8-14(25)10-17(15)31-20/h3-12H,1-2H3,(H,26,27). The third kappa shape index (κ3) is 4.35. The van der Waals surface area contributed by atoms with E-state index in [0.29, 0.717) is 26.2 Å². The second-order valence-electron chi connectivity index (χ2n) is 7.01. The van der Waals surface area contributed by atoms with Crippen LogP contribution in [0.4, 0.5) is 9.39 Å². The van der Waals surface area contributed by atoms with Crippen molar-refractivity contribution in [3.8, 4) is 11.1 Å². The summed E-state index contributed by atoms with van der Waals surface area (Å²) in [4.78, 5) is 26.1. The summed E-state index contributed by atoms with van der Waals surface area (Å²) < 4.78 is 19.5. The van der Waals surface area contributed by atoms with Crippen LogP contribution < -0.4 is 5.32 Å². The molecule has 8 heteroatoms. The third-order valence-electron chi connectivity index (χ3n) is 4.45. The van der Waals surface area contributed by atoms with Gasteiger partial charge in [-0.3, -0.25) is 4.79 Å². The smallest absolute Gasteiger partial charge is 0.342 e. The van der Waals surface area contributed by atoms with Crippen LogP contribution in [0.25, 0.3) is 21.2 Å². The zero-order chi connectivity index (χ0) is 22.1. The van der Waals surface area contributed by atoms with Crippen LogP contribution in [0.5, 0.6) is 0 Å². The molecule has 4 rings (SSSR count). The molecule has 2 heterocycles. The molecule has 31 heavy (non-hydrogen) atoms. The van der Waals surface area contributed by atoms with Crippen LogP contribution in [0.3, 0.4) is 0 Å². The van der Waals surface area contributed by atoms with Crippen molar-refractivity contribution in [3.05, 3.63) is 75.2 Å². The van der Waals surface area contributed by atoms with Crippen molar-refractivity contribution in [1.29, 1.82) is 0 Å². The highest BCUT2D eigenvalue weighted by Gasteiger charge is 2.25. The minimum Gasteiger partial charge on any atom is -0.459 e. The lowest BCUT2D eigenvalue weighted by Crippen LogP contribution is -2.16. The molecule has 1 N–H and O–H groups in total. The van der Waals surface area contributed by atoms with Gasteiger partial charge in [-0.2, -0.15) is 0 Å². The predicted molar refractivity (Wildman–Crippen MR) is 125 cm³/mol. The van der Waals surface area contributed by atoms with Gasteiger partial charge < -0.3 is 10.1 Å². The fourth-order valence-corrected chi connectivity index (χ4v) is 5.49. The summed E-state index contributed by atoms with van der Waals surface area (Å²) in [6.45, 7) is 3.53. The lowest BCUT2D eigenvalue weighted by Gasteiger charge is -2.11. The van der Waals surface area contributed by atoms with E-state index in [-0.39, 0.29) is 16.0 Å². The lowest BCUT2D eigenvalue weighted by molar-refractivity contribution is 0.0380. The Bertz CT molecular complexity index is 1280.